The fourth-order valence-corrected chi connectivity index (χ4v) is 3.15. The molecule has 0 amide bonds. The zero-order chi connectivity index (χ0) is 17.8. The van der Waals surface area contributed by atoms with Crippen LogP contribution in [0.1, 0.15) is 0 Å². The van der Waals surface area contributed by atoms with Crippen molar-refractivity contribution < 1.29 is 0 Å². The van der Waals surface area contributed by atoms with Gasteiger partial charge in [0, 0.05) is 30.7 Å². The lowest BCUT2D eigenvalue weighted by molar-refractivity contribution is 0.770. The second kappa shape index (κ2) is 7.68. The molecule has 3 aromatic rings. The van der Waals surface area contributed by atoms with Gasteiger partial charge >= 0.3 is 0 Å². The van der Waals surface area contributed by atoms with Gasteiger partial charge in [0.1, 0.15) is 11.5 Å². The molecule has 0 bridgehead atoms. The van der Waals surface area contributed by atoms with Gasteiger partial charge in [-0.15, -0.1) is 6.42 Å². The van der Waals surface area contributed by atoms with Crippen molar-refractivity contribution in [3.8, 4) is 23.6 Å². The topological polar surface area (TPSA) is 67.7 Å². The van der Waals surface area contributed by atoms with E-state index in [-0.39, 0.29) is 0 Å². The lowest BCUT2D eigenvalue weighted by atomic mass is 10.1. The maximum absolute atomic E-state index is 5.28. The second-order valence-electron chi connectivity index (χ2n) is 5.15. The molecule has 8 heteroatoms. The van der Waals surface area contributed by atoms with Crippen LogP contribution in [0.25, 0.3) is 11.3 Å². The smallest absolute Gasteiger partial charge is 0.229 e. The Hall–Kier alpha value is -2.37. The number of hydrogen-bond acceptors (Lipinski definition) is 5. The highest BCUT2D eigenvalue weighted by Gasteiger charge is 2.09. The summed E-state index contributed by atoms with van der Waals surface area (Å²) in [5.74, 6) is 3.63. The Balaban J connectivity index is 1.85. The van der Waals surface area contributed by atoms with Crippen molar-refractivity contribution in [3.63, 3.8) is 0 Å². The minimum Gasteiger partial charge on any atom is -0.358 e. The van der Waals surface area contributed by atoms with Gasteiger partial charge in [0.25, 0.3) is 0 Å². The monoisotopic (exact) mass is 460 g/mol. The number of halogens is 2. The van der Waals surface area contributed by atoms with Crippen molar-refractivity contribution in [1.29, 1.82) is 0 Å². The third-order valence-electron chi connectivity index (χ3n) is 3.28. The average Bonchev–Trinajstić information content (AvgIpc) is 2.94. The van der Waals surface area contributed by atoms with Gasteiger partial charge < -0.3 is 10.6 Å². The van der Waals surface area contributed by atoms with Crippen LogP contribution in [-0.2, 0) is 7.05 Å². The van der Waals surface area contributed by atoms with Gasteiger partial charge in [-0.05, 0) is 44.0 Å². The van der Waals surface area contributed by atoms with E-state index in [1.54, 1.807) is 10.9 Å². The number of rotatable bonds is 5. The van der Waals surface area contributed by atoms with Crippen molar-refractivity contribution >= 4 is 49.3 Å². The summed E-state index contributed by atoms with van der Waals surface area (Å²) in [6.45, 7) is 0.387. The molecule has 0 atom stereocenters. The number of benzene rings is 1. The maximum Gasteiger partial charge on any atom is 0.229 e. The Morgan fingerprint density at radius 3 is 2.84 bits per heavy atom. The predicted molar refractivity (Wildman–Crippen MR) is 107 cm³/mol. The summed E-state index contributed by atoms with van der Waals surface area (Å²) in [4.78, 5) is 8.70. The average molecular weight is 462 g/mol. The first-order valence-electron chi connectivity index (χ1n) is 7.33. The van der Waals surface area contributed by atoms with Crippen LogP contribution in [0.3, 0.4) is 0 Å². The van der Waals surface area contributed by atoms with Gasteiger partial charge in [-0.2, -0.15) is 10.1 Å². The van der Waals surface area contributed by atoms with E-state index in [9.17, 15) is 0 Å². The lowest BCUT2D eigenvalue weighted by Gasteiger charge is -2.09. The van der Waals surface area contributed by atoms with Crippen LogP contribution in [0.5, 0.6) is 0 Å². The van der Waals surface area contributed by atoms with Crippen LogP contribution in [0.4, 0.5) is 17.5 Å². The molecular formula is C17H14Br2N6. The fourth-order valence-electron chi connectivity index (χ4n) is 2.21. The van der Waals surface area contributed by atoms with Gasteiger partial charge in [0.2, 0.25) is 5.95 Å². The number of terminal acetylenes is 1. The van der Waals surface area contributed by atoms with Crippen molar-refractivity contribution in [2.24, 2.45) is 7.05 Å². The summed E-state index contributed by atoms with van der Waals surface area (Å²) in [6, 6.07) is 7.89. The summed E-state index contributed by atoms with van der Waals surface area (Å²) in [7, 11) is 1.89. The van der Waals surface area contributed by atoms with E-state index in [1.807, 2.05) is 37.5 Å². The molecule has 2 N–H and O–H groups in total. The Bertz CT molecular complexity index is 945. The first kappa shape index (κ1) is 17.5. The van der Waals surface area contributed by atoms with Crippen LogP contribution < -0.4 is 10.6 Å². The second-order valence-corrected chi connectivity index (χ2v) is 6.86. The highest BCUT2D eigenvalue weighted by molar-refractivity contribution is 9.11. The third-order valence-corrected chi connectivity index (χ3v) is 4.44. The summed E-state index contributed by atoms with van der Waals surface area (Å²) in [5.41, 5.74) is 2.72. The van der Waals surface area contributed by atoms with Crippen molar-refractivity contribution in [1.82, 2.24) is 19.7 Å². The van der Waals surface area contributed by atoms with Gasteiger partial charge in [-0.25, -0.2) is 4.98 Å². The molecule has 0 aliphatic carbocycles. The molecule has 0 fully saturated rings. The van der Waals surface area contributed by atoms with Crippen LogP contribution in [0, 0.1) is 12.3 Å². The van der Waals surface area contributed by atoms with Gasteiger partial charge in [0.15, 0.2) is 0 Å². The largest absolute Gasteiger partial charge is 0.358 e. The first-order valence-corrected chi connectivity index (χ1v) is 8.92. The number of aryl methyl sites for hydroxylation is 1. The van der Waals surface area contributed by atoms with E-state index in [4.69, 9.17) is 6.42 Å². The van der Waals surface area contributed by atoms with E-state index < -0.39 is 0 Å². The number of anilines is 3. The van der Waals surface area contributed by atoms with Crippen molar-refractivity contribution in [2.75, 3.05) is 17.2 Å². The van der Waals surface area contributed by atoms with Crippen LogP contribution in [-0.4, -0.2) is 26.3 Å². The number of nitrogens with zero attached hydrogens (tertiary/aromatic N) is 4. The quantitative estimate of drug-likeness (QED) is 0.557. The molecule has 2 aromatic heterocycles. The van der Waals surface area contributed by atoms with Crippen LogP contribution >= 0.6 is 31.9 Å². The minimum absolute atomic E-state index is 0.387. The fraction of sp³-hybridized carbons (Fsp3) is 0.118. The number of nitrogens with one attached hydrogen (secondary N) is 2. The van der Waals surface area contributed by atoms with Gasteiger partial charge in [-0.3, -0.25) is 4.68 Å². The zero-order valence-corrected chi connectivity index (χ0v) is 16.5. The molecule has 0 spiro atoms. The molecule has 0 saturated heterocycles. The molecule has 0 aliphatic rings. The Labute approximate surface area is 162 Å². The van der Waals surface area contributed by atoms with Gasteiger partial charge in [-0.1, -0.05) is 18.1 Å². The Morgan fingerprint density at radius 1 is 1.28 bits per heavy atom. The van der Waals surface area contributed by atoms with E-state index in [1.165, 1.54) is 0 Å². The van der Waals surface area contributed by atoms with Crippen molar-refractivity contribution in [2.45, 2.75) is 0 Å². The molecule has 0 aliphatic heterocycles. The predicted octanol–water partition coefficient (Wildman–Crippen LogP) is 4.19. The van der Waals surface area contributed by atoms with E-state index in [0.29, 0.717) is 18.3 Å². The summed E-state index contributed by atoms with van der Waals surface area (Å²) >= 11 is 6.93. The molecule has 3 rings (SSSR count). The van der Waals surface area contributed by atoms with Crippen LogP contribution in [0.15, 0.2) is 45.6 Å². The van der Waals surface area contributed by atoms with Crippen LogP contribution in [0.2, 0.25) is 0 Å². The number of hydrogen-bond donors (Lipinski definition) is 2. The molecule has 0 unspecified atom stereocenters. The molecule has 25 heavy (non-hydrogen) atoms. The lowest BCUT2D eigenvalue weighted by Crippen LogP contribution is -2.05. The molecule has 126 valence electrons. The molecule has 0 radical (unpaired) electrons. The first-order chi connectivity index (χ1) is 12.1. The minimum atomic E-state index is 0.387. The Morgan fingerprint density at radius 2 is 2.12 bits per heavy atom. The molecule has 6 nitrogen and oxygen atoms in total. The molecule has 1 aromatic carbocycles. The summed E-state index contributed by atoms with van der Waals surface area (Å²) < 4.78 is 3.45. The van der Waals surface area contributed by atoms with E-state index in [0.717, 1.165) is 25.9 Å². The zero-order valence-electron chi connectivity index (χ0n) is 13.3. The third kappa shape index (κ3) is 4.18. The standard InChI is InChI=1S/C17H14Br2N6/c1-3-7-20-16-13(18)9-21-17(23-16)22-12-6-4-5-11(8-12)15-14(19)10-25(2)24-15/h1,4-6,8-10H,7H2,2H3,(H2,20,21,22,23). The molecule has 2 heterocycles. The van der Waals surface area contributed by atoms with Gasteiger partial charge in [0.05, 0.1) is 15.5 Å². The van der Waals surface area contributed by atoms with Crippen molar-refractivity contribution in [3.05, 3.63) is 45.6 Å². The maximum atomic E-state index is 5.28. The molecule has 0 saturated carbocycles. The normalized spacial score (nSPS) is 10.3. The number of aromatic nitrogens is 4. The summed E-state index contributed by atoms with van der Waals surface area (Å²) in [5, 5.41) is 10.7. The Kier molecular flexibility index (Phi) is 5.36. The van der Waals surface area contributed by atoms with E-state index >= 15 is 0 Å². The highest BCUT2D eigenvalue weighted by Crippen LogP contribution is 2.29. The highest BCUT2D eigenvalue weighted by atomic mass is 79.9. The SMILES string of the molecule is C#CCNc1nc(Nc2cccc(-c3nn(C)cc3Br)c2)ncc1Br. The molecular weight excluding hydrogens is 448 g/mol. The van der Waals surface area contributed by atoms with E-state index in [2.05, 4.69) is 63.5 Å². The summed E-state index contributed by atoms with van der Waals surface area (Å²) in [6.07, 6.45) is 8.86.